The lowest BCUT2D eigenvalue weighted by molar-refractivity contribution is -0.147. The fourth-order valence-corrected chi connectivity index (χ4v) is 1.51. The summed E-state index contributed by atoms with van der Waals surface area (Å²) in [6, 6.07) is -1.60. The Bertz CT molecular complexity index is 397. The van der Waals surface area contributed by atoms with Crippen LogP contribution in [0.5, 0.6) is 0 Å². The number of carbonyl (C=O) groups is 4. The number of hydrogen-bond donors (Lipinski definition) is 2. The second kappa shape index (κ2) is 5.81. The van der Waals surface area contributed by atoms with Gasteiger partial charge in [-0.15, -0.1) is 11.6 Å². The molecule has 8 heteroatoms. The number of urea groups is 1. The van der Waals surface area contributed by atoms with E-state index < -0.39 is 29.3 Å². The summed E-state index contributed by atoms with van der Waals surface area (Å²) in [7, 11) is 1.35. The minimum absolute atomic E-state index is 0.174. The van der Waals surface area contributed by atoms with E-state index in [1.54, 1.807) is 0 Å². The fraction of sp³-hybridized carbons (Fsp3) is 0.600. The SMILES string of the molecule is CC(Cl)C(=O)NC(=O)NC1CCC(=O)N(C)C1=O. The summed E-state index contributed by atoms with van der Waals surface area (Å²) < 4.78 is 0. The molecule has 2 N–H and O–H groups in total. The van der Waals surface area contributed by atoms with E-state index in [9.17, 15) is 19.2 Å². The zero-order valence-corrected chi connectivity index (χ0v) is 10.8. The largest absolute Gasteiger partial charge is 0.326 e. The predicted molar refractivity (Wildman–Crippen MR) is 62.8 cm³/mol. The van der Waals surface area contributed by atoms with Gasteiger partial charge in [0.05, 0.1) is 0 Å². The van der Waals surface area contributed by atoms with Gasteiger partial charge in [0.2, 0.25) is 11.8 Å². The molecule has 2 atom stereocenters. The number of alkyl halides is 1. The molecule has 1 saturated heterocycles. The van der Waals surface area contributed by atoms with Crippen molar-refractivity contribution in [1.82, 2.24) is 15.5 Å². The van der Waals surface area contributed by atoms with Gasteiger partial charge in [-0.05, 0) is 13.3 Å². The van der Waals surface area contributed by atoms with Crippen LogP contribution in [-0.4, -0.2) is 47.1 Å². The first-order valence-corrected chi connectivity index (χ1v) is 5.82. The number of rotatable bonds is 2. The maximum absolute atomic E-state index is 11.6. The highest BCUT2D eigenvalue weighted by molar-refractivity contribution is 6.31. The van der Waals surface area contributed by atoms with E-state index in [2.05, 4.69) is 5.32 Å². The molecule has 1 fully saturated rings. The van der Waals surface area contributed by atoms with Crippen LogP contribution in [-0.2, 0) is 14.4 Å². The third-order valence-electron chi connectivity index (χ3n) is 2.55. The molecule has 100 valence electrons. The van der Waals surface area contributed by atoms with Crippen molar-refractivity contribution in [3.63, 3.8) is 0 Å². The zero-order valence-electron chi connectivity index (χ0n) is 10.0. The van der Waals surface area contributed by atoms with E-state index in [0.717, 1.165) is 4.90 Å². The first kappa shape index (κ1) is 14.4. The Hall–Kier alpha value is -1.63. The van der Waals surface area contributed by atoms with Crippen molar-refractivity contribution in [2.45, 2.75) is 31.2 Å². The molecule has 1 rings (SSSR count). The molecule has 0 spiro atoms. The summed E-state index contributed by atoms with van der Waals surface area (Å²) in [5, 5.41) is 3.48. The number of nitrogens with one attached hydrogen (secondary N) is 2. The first-order valence-electron chi connectivity index (χ1n) is 5.38. The van der Waals surface area contributed by atoms with E-state index in [-0.39, 0.29) is 18.7 Å². The van der Waals surface area contributed by atoms with Gasteiger partial charge >= 0.3 is 6.03 Å². The van der Waals surface area contributed by atoms with E-state index in [0.29, 0.717) is 0 Å². The molecule has 7 nitrogen and oxygen atoms in total. The van der Waals surface area contributed by atoms with Crippen LogP contribution in [0.15, 0.2) is 0 Å². The minimum atomic E-state index is -0.845. The van der Waals surface area contributed by atoms with Crippen LogP contribution in [0.25, 0.3) is 0 Å². The van der Waals surface area contributed by atoms with Crippen LogP contribution in [0.2, 0.25) is 0 Å². The average molecular weight is 276 g/mol. The van der Waals surface area contributed by atoms with Gasteiger partial charge in [0, 0.05) is 13.5 Å². The summed E-state index contributed by atoms with van der Waals surface area (Å²) in [6.07, 6.45) is 0.396. The van der Waals surface area contributed by atoms with Crippen LogP contribution < -0.4 is 10.6 Å². The summed E-state index contributed by atoms with van der Waals surface area (Å²) in [4.78, 5) is 46.4. The number of amides is 5. The number of piperidine rings is 1. The molecule has 0 aromatic heterocycles. The summed E-state index contributed by atoms with van der Waals surface area (Å²) in [6.45, 7) is 1.42. The van der Waals surface area contributed by atoms with Crippen molar-refractivity contribution >= 4 is 35.4 Å². The van der Waals surface area contributed by atoms with E-state index in [4.69, 9.17) is 11.6 Å². The number of carbonyl (C=O) groups excluding carboxylic acids is 4. The second-order valence-corrected chi connectivity index (χ2v) is 4.62. The highest BCUT2D eigenvalue weighted by Gasteiger charge is 2.32. The Balaban J connectivity index is 2.53. The first-order chi connectivity index (χ1) is 8.32. The van der Waals surface area contributed by atoms with Crippen molar-refractivity contribution in [2.24, 2.45) is 0 Å². The Labute approximate surface area is 109 Å². The summed E-state index contributed by atoms with van der Waals surface area (Å²) in [5.41, 5.74) is 0. The number of halogens is 1. The molecular formula is C10H14ClN3O4. The van der Waals surface area contributed by atoms with Gasteiger partial charge in [0.1, 0.15) is 11.4 Å². The Kier molecular flexibility index (Phi) is 4.66. The molecule has 2 unspecified atom stereocenters. The monoisotopic (exact) mass is 275 g/mol. The van der Waals surface area contributed by atoms with Gasteiger partial charge in [-0.2, -0.15) is 0 Å². The number of likely N-dealkylation sites (N-methyl/N-ethyl adjacent to an activating group) is 1. The summed E-state index contributed by atoms with van der Waals surface area (Å²) >= 11 is 5.47. The Morgan fingerprint density at radius 3 is 2.61 bits per heavy atom. The van der Waals surface area contributed by atoms with Gasteiger partial charge in [-0.1, -0.05) is 0 Å². The molecule has 0 saturated carbocycles. The molecular weight excluding hydrogens is 262 g/mol. The van der Waals surface area contributed by atoms with Gasteiger partial charge in [0.25, 0.3) is 5.91 Å². The molecule has 1 heterocycles. The van der Waals surface area contributed by atoms with E-state index >= 15 is 0 Å². The van der Waals surface area contributed by atoms with Crippen LogP contribution >= 0.6 is 11.6 Å². The van der Waals surface area contributed by atoms with Crippen LogP contribution in [0, 0.1) is 0 Å². The molecule has 0 aromatic carbocycles. The number of imide groups is 2. The number of nitrogens with zero attached hydrogens (tertiary/aromatic N) is 1. The molecule has 18 heavy (non-hydrogen) atoms. The van der Waals surface area contributed by atoms with E-state index in [1.165, 1.54) is 14.0 Å². The molecule has 1 aliphatic heterocycles. The van der Waals surface area contributed by atoms with Crippen LogP contribution in [0.1, 0.15) is 19.8 Å². The predicted octanol–water partition coefficient (Wildman–Crippen LogP) is -0.413. The van der Waals surface area contributed by atoms with Crippen LogP contribution in [0.3, 0.4) is 0 Å². The quantitative estimate of drug-likeness (QED) is 0.529. The van der Waals surface area contributed by atoms with Crippen molar-refractivity contribution in [3.8, 4) is 0 Å². The second-order valence-electron chi connectivity index (χ2n) is 3.96. The van der Waals surface area contributed by atoms with Crippen LogP contribution in [0.4, 0.5) is 4.79 Å². The highest BCUT2D eigenvalue weighted by Crippen LogP contribution is 2.11. The lowest BCUT2D eigenvalue weighted by atomic mass is 10.1. The minimum Gasteiger partial charge on any atom is -0.326 e. The summed E-state index contributed by atoms with van der Waals surface area (Å²) in [5.74, 6) is -1.43. The Morgan fingerprint density at radius 1 is 1.44 bits per heavy atom. The molecule has 0 radical (unpaired) electrons. The zero-order chi connectivity index (χ0) is 13.9. The standard InChI is InChI=1S/C10H14ClN3O4/c1-5(11)8(16)13-10(18)12-6-3-4-7(15)14(2)9(6)17/h5-6H,3-4H2,1-2H3,(H2,12,13,16,18). The maximum atomic E-state index is 11.6. The van der Waals surface area contributed by atoms with Gasteiger partial charge in [-0.25, -0.2) is 4.79 Å². The lowest BCUT2D eigenvalue weighted by Crippen LogP contribution is -2.55. The molecule has 0 aliphatic carbocycles. The number of hydrogen-bond acceptors (Lipinski definition) is 4. The van der Waals surface area contributed by atoms with Gasteiger partial charge in [0.15, 0.2) is 0 Å². The van der Waals surface area contributed by atoms with Crippen molar-refractivity contribution in [1.29, 1.82) is 0 Å². The maximum Gasteiger partial charge on any atom is 0.322 e. The molecule has 1 aliphatic rings. The topological polar surface area (TPSA) is 95.6 Å². The normalized spacial score (nSPS) is 21.5. The average Bonchev–Trinajstić information content (AvgIpc) is 2.29. The lowest BCUT2D eigenvalue weighted by Gasteiger charge is -2.28. The van der Waals surface area contributed by atoms with Gasteiger partial charge < -0.3 is 5.32 Å². The Morgan fingerprint density at radius 2 is 2.06 bits per heavy atom. The molecule has 0 bridgehead atoms. The fourth-order valence-electron chi connectivity index (χ4n) is 1.46. The third kappa shape index (κ3) is 3.43. The molecule has 0 aromatic rings. The molecule has 5 amide bonds. The van der Waals surface area contributed by atoms with Crippen molar-refractivity contribution in [3.05, 3.63) is 0 Å². The van der Waals surface area contributed by atoms with Crippen molar-refractivity contribution in [2.75, 3.05) is 7.05 Å². The van der Waals surface area contributed by atoms with E-state index in [1.807, 2.05) is 5.32 Å². The smallest absolute Gasteiger partial charge is 0.322 e. The highest BCUT2D eigenvalue weighted by atomic mass is 35.5. The van der Waals surface area contributed by atoms with Gasteiger partial charge in [-0.3, -0.25) is 24.6 Å². The van der Waals surface area contributed by atoms with Crippen molar-refractivity contribution < 1.29 is 19.2 Å². The number of likely N-dealkylation sites (tertiary alicyclic amines) is 1. The third-order valence-corrected chi connectivity index (χ3v) is 2.75.